The molecule has 0 aliphatic carbocycles. The molecule has 1 amide bonds. The summed E-state index contributed by atoms with van der Waals surface area (Å²) in [6.45, 7) is 1.67. The molecule has 0 radical (unpaired) electrons. The van der Waals surface area contributed by atoms with Crippen molar-refractivity contribution in [3.8, 4) is 0 Å². The molecular formula is C17H13N3O4. The number of nitrogens with two attached hydrogens (primary N) is 1. The lowest BCUT2D eigenvalue weighted by atomic mass is 9.87. The molecule has 7 heteroatoms. The Bertz CT molecular complexity index is 770. The standard InChI is InChI=1S/C17H13N3O4/c1-17(24-16(18)23,12-2-6-14(7-3-12)19-10-21)13-4-8-15(9-5-13)20-11-22/h2-9H,1H3,(H2,18,23). The molecule has 120 valence electrons. The van der Waals surface area contributed by atoms with E-state index < -0.39 is 11.7 Å². The predicted molar refractivity (Wildman–Crippen MR) is 85.6 cm³/mol. The highest BCUT2D eigenvalue weighted by Gasteiger charge is 2.32. The molecule has 2 rings (SSSR count). The van der Waals surface area contributed by atoms with Crippen LogP contribution < -0.4 is 5.73 Å². The number of isocyanates is 2. The Balaban J connectivity index is 2.50. The van der Waals surface area contributed by atoms with E-state index in [9.17, 15) is 14.4 Å². The maximum Gasteiger partial charge on any atom is 0.405 e. The lowest BCUT2D eigenvalue weighted by Gasteiger charge is -2.30. The van der Waals surface area contributed by atoms with Crippen molar-refractivity contribution in [1.82, 2.24) is 0 Å². The fourth-order valence-electron chi connectivity index (χ4n) is 2.30. The Hall–Kier alpha value is -3.53. The molecule has 2 aromatic carbocycles. The van der Waals surface area contributed by atoms with Crippen molar-refractivity contribution in [1.29, 1.82) is 0 Å². The molecule has 0 fully saturated rings. The Kier molecular flexibility index (Phi) is 5.02. The average molecular weight is 323 g/mol. The molecule has 0 saturated heterocycles. The molecule has 0 aromatic heterocycles. The van der Waals surface area contributed by atoms with E-state index in [2.05, 4.69) is 9.98 Å². The maximum atomic E-state index is 11.4. The molecule has 2 aromatic rings. The third-order valence-electron chi connectivity index (χ3n) is 3.49. The Morgan fingerprint density at radius 2 is 1.29 bits per heavy atom. The smallest absolute Gasteiger partial charge is 0.405 e. The van der Waals surface area contributed by atoms with Crippen molar-refractivity contribution >= 4 is 29.6 Å². The van der Waals surface area contributed by atoms with Crippen LogP contribution in [0.1, 0.15) is 18.1 Å². The summed E-state index contributed by atoms with van der Waals surface area (Å²) in [5, 5.41) is 0. The zero-order chi connectivity index (χ0) is 17.6. The van der Waals surface area contributed by atoms with Gasteiger partial charge in [-0.15, -0.1) is 0 Å². The number of amides is 1. The number of rotatable bonds is 5. The average Bonchev–Trinajstić information content (AvgIpc) is 2.56. The van der Waals surface area contributed by atoms with Gasteiger partial charge in [-0.25, -0.2) is 14.4 Å². The van der Waals surface area contributed by atoms with Crippen molar-refractivity contribution in [2.24, 2.45) is 15.7 Å². The van der Waals surface area contributed by atoms with Crippen LogP contribution in [-0.4, -0.2) is 18.3 Å². The maximum absolute atomic E-state index is 11.4. The largest absolute Gasteiger partial charge is 0.434 e. The first-order valence-electron chi connectivity index (χ1n) is 6.85. The molecule has 24 heavy (non-hydrogen) atoms. The second-order valence-electron chi connectivity index (χ2n) is 4.95. The molecule has 0 spiro atoms. The van der Waals surface area contributed by atoms with Crippen molar-refractivity contribution in [3.63, 3.8) is 0 Å². The molecule has 0 bridgehead atoms. The molecule has 0 aliphatic rings. The molecule has 0 aliphatic heterocycles. The quantitative estimate of drug-likeness (QED) is 0.673. The number of carbonyl (C=O) groups excluding carboxylic acids is 3. The van der Waals surface area contributed by atoms with Gasteiger partial charge in [-0.05, 0) is 42.3 Å². The third kappa shape index (κ3) is 3.62. The van der Waals surface area contributed by atoms with Crippen LogP contribution in [0.3, 0.4) is 0 Å². The van der Waals surface area contributed by atoms with E-state index in [1.807, 2.05) is 0 Å². The van der Waals surface area contributed by atoms with Gasteiger partial charge in [-0.3, -0.25) is 0 Å². The highest BCUT2D eigenvalue weighted by atomic mass is 16.6. The first kappa shape index (κ1) is 16.8. The van der Waals surface area contributed by atoms with Crippen LogP contribution in [-0.2, 0) is 19.9 Å². The van der Waals surface area contributed by atoms with Crippen LogP contribution >= 0.6 is 0 Å². The number of carbonyl (C=O) groups is 1. The van der Waals surface area contributed by atoms with Gasteiger partial charge in [-0.2, -0.15) is 9.98 Å². The van der Waals surface area contributed by atoms with Gasteiger partial charge < -0.3 is 10.5 Å². The van der Waals surface area contributed by atoms with Gasteiger partial charge in [0.1, 0.15) is 0 Å². The van der Waals surface area contributed by atoms with Crippen molar-refractivity contribution in [2.75, 3.05) is 0 Å². The van der Waals surface area contributed by atoms with Crippen LogP contribution in [0.25, 0.3) is 0 Å². The number of hydrogen-bond donors (Lipinski definition) is 1. The minimum absolute atomic E-state index is 0.422. The molecular weight excluding hydrogens is 310 g/mol. The fourth-order valence-corrected chi connectivity index (χ4v) is 2.30. The predicted octanol–water partition coefficient (Wildman–Crippen LogP) is 2.98. The first-order chi connectivity index (χ1) is 11.5. The molecule has 7 nitrogen and oxygen atoms in total. The summed E-state index contributed by atoms with van der Waals surface area (Å²) in [4.78, 5) is 39.0. The topological polar surface area (TPSA) is 111 Å². The molecule has 2 N–H and O–H groups in total. The molecule has 0 atom stereocenters. The van der Waals surface area contributed by atoms with Gasteiger partial charge in [0.2, 0.25) is 12.2 Å². The third-order valence-corrected chi connectivity index (χ3v) is 3.49. The minimum atomic E-state index is -1.17. The summed E-state index contributed by atoms with van der Waals surface area (Å²) in [5.74, 6) is 0. The Morgan fingerprint density at radius 3 is 1.58 bits per heavy atom. The number of ether oxygens (including phenoxy) is 1. The normalized spacial score (nSPS) is 12.2. The summed E-state index contributed by atoms with van der Waals surface area (Å²) in [6.07, 6.45) is 1.96. The number of benzene rings is 2. The summed E-state index contributed by atoms with van der Waals surface area (Å²) in [5.41, 5.74) is 6.13. The summed E-state index contributed by atoms with van der Waals surface area (Å²) in [7, 11) is 0. The van der Waals surface area contributed by atoms with E-state index in [1.54, 1.807) is 55.5 Å². The molecule has 0 unspecified atom stereocenters. The Labute approximate surface area is 137 Å². The number of nitrogens with zero attached hydrogens (tertiary/aromatic N) is 2. The Morgan fingerprint density at radius 1 is 0.917 bits per heavy atom. The van der Waals surface area contributed by atoms with Gasteiger partial charge in [-0.1, -0.05) is 24.3 Å². The summed E-state index contributed by atoms with van der Waals surface area (Å²) in [6, 6.07) is 13.0. The summed E-state index contributed by atoms with van der Waals surface area (Å²) < 4.78 is 5.33. The van der Waals surface area contributed by atoms with Crippen LogP contribution in [0.4, 0.5) is 16.2 Å². The van der Waals surface area contributed by atoms with E-state index in [1.165, 1.54) is 12.2 Å². The lowest BCUT2D eigenvalue weighted by Crippen LogP contribution is -2.33. The highest BCUT2D eigenvalue weighted by Crippen LogP contribution is 2.35. The van der Waals surface area contributed by atoms with E-state index in [0.717, 1.165) is 0 Å². The van der Waals surface area contributed by atoms with E-state index >= 15 is 0 Å². The first-order valence-corrected chi connectivity index (χ1v) is 6.85. The summed E-state index contributed by atoms with van der Waals surface area (Å²) >= 11 is 0. The van der Waals surface area contributed by atoms with E-state index in [-0.39, 0.29) is 0 Å². The van der Waals surface area contributed by atoms with Crippen molar-refractivity contribution in [3.05, 3.63) is 59.7 Å². The van der Waals surface area contributed by atoms with Crippen LogP contribution in [0.2, 0.25) is 0 Å². The van der Waals surface area contributed by atoms with Crippen molar-refractivity contribution < 1.29 is 19.1 Å². The second kappa shape index (κ2) is 7.15. The molecule has 0 saturated carbocycles. The van der Waals surface area contributed by atoms with Gasteiger partial charge >= 0.3 is 6.09 Å². The van der Waals surface area contributed by atoms with Gasteiger partial charge in [0.15, 0.2) is 5.60 Å². The van der Waals surface area contributed by atoms with Crippen molar-refractivity contribution in [2.45, 2.75) is 12.5 Å². The minimum Gasteiger partial charge on any atom is -0.434 e. The van der Waals surface area contributed by atoms with Gasteiger partial charge in [0, 0.05) is 0 Å². The van der Waals surface area contributed by atoms with Crippen LogP contribution in [0.5, 0.6) is 0 Å². The lowest BCUT2D eigenvalue weighted by molar-refractivity contribution is 0.0596. The van der Waals surface area contributed by atoms with E-state index in [0.29, 0.717) is 22.5 Å². The van der Waals surface area contributed by atoms with Crippen LogP contribution in [0, 0.1) is 0 Å². The SMILES string of the molecule is CC(OC(N)=O)(c1ccc(N=C=O)cc1)c1ccc(N=C=O)cc1. The van der Waals surface area contributed by atoms with E-state index in [4.69, 9.17) is 10.5 Å². The van der Waals surface area contributed by atoms with Gasteiger partial charge in [0.05, 0.1) is 11.4 Å². The highest BCUT2D eigenvalue weighted by molar-refractivity contribution is 5.66. The zero-order valence-corrected chi connectivity index (χ0v) is 12.7. The van der Waals surface area contributed by atoms with Crippen LogP contribution in [0.15, 0.2) is 58.5 Å². The number of primary amides is 1. The number of hydrogen-bond acceptors (Lipinski definition) is 6. The number of aliphatic imine (C=N–C) groups is 2. The molecule has 0 heterocycles. The fraction of sp³-hybridized carbons (Fsp3) is 0.118. The zero-order valence-electron chi connectivity index (χ0n) is 12.7. The monoisotopic (exact) mass is 323 g/mol. The van der Waals surface area contributed by atoms with Gasteiger partial charge in [0.25, 0.3) is 0 Å². The second-order valence-corrected chi connectivity index (χ2v) is 4.95.